The number of nitrogens with one attached hydrogen (secondary N) is 2. The maximum atomic E-state index is 13.7. The quantitative estimate of drug-likeness (QED) is 0.214. The van der Waals surface area contributed by atoms with Gasteiger partial charge < -0.3 is 20.3 Å². The molecule has 0 saturated carbocycles. The first-order valence-corrected chi connectivity index (χ1v) is 14.3. The summed E-state index contributed by atoms with van der Waals surface area (Å²) >= 11 is 6.63. The smallest absolute Gasteiger partial charge is 0.270 e. The number of anilines is 1. The van der Waals surface area contributed by atoms with Gasteiger partial charge >= 0.3 is 0 Å². The molecule has 2 aromatic carbocycles. The Morgan fingerprint density at radius 1 is 0.977 bits per heavy atom. The lowest BCUT2D eigenvalue weighted by Gasteiger charge is -2.20. The third kappa shape index (κ3) is 7.36. The van der Waals surface area contributed by atoms with Crippen LogP contribution in [-0.2, 0) is 31.7 Å². The fourth-order valence-electron chi connectivity index (χ4n) is 4.84. The molecule has 3 heterocycles. The first-order chi connectivity index (χ1) is 21.0. The van der Waals surface area contributed by atoms with Crippen molar-refractivity contribution in [2.75, 3.05) is 5.32 Å². The lowest BCUT2D eigenvalue weighted by atomic mass is 9.97. The van der Waals surface area contributed by atoms with Gasteiger partial charge in [0.1, 0.15) is 18.1 Å². The Morgan fingerprint density at radius 3 is 2.36 bits per heavy atom. The number of pyridine rings is 1. The van der Waals surface area contributed by atoms with E-state index in [1.54, 1.807) is 62.3 Å². The molecule has 0 bridgehead atoms. The second kappa shape index (κ2) is 12.8. The molecule has 12 heteroatoms. The van der Waals surface area contributed by atoms with Crippen molar-refractivity contribution in [1.29, 1.82) is 0 Å². The molecule has 5 aromatic rings. The van der Waals surface area contributed by atoms with Gasteiger partial charge in [-0.2, -0.15) is 5.10 Å². The Balaban J connectivity index is 1.41. The highest BCUT2D eigenvalue weighted by Crippen LogP contribution is 2.28. The fraction of sp³-hybridized carbons (Fsp3) is 0.250. The fourth-order valence-corrected chi connectivity index (χ4v) is 5.04. The molecule has 0 fully saturated rings. The van der Waals surface area contributed by atoms with Crippen molar-refractivity contribution in [2.24, 2.45) is 14.1 Å². The molecule has 5 rings (SSSR count). The Morgan fingerprint density at radius 2 is 1.70 bits per heavy atom. The largest absolute Gasteiger partial charge is 0.390 e. The highest BCUT2D eigenvalue weighted by atomic mass is 35.5. The third-order valence-corrected chi connectivity index (χ3v) is 7.40. The number of halogens is 1. The summed E-state index contributed by atoms with van der Waals surface area (Å²) < 4.78 is 3.24. The summed E-state index contributed by atoms with van der Waals surface area (Å²) in [6.07, 6.45) is 5.35. The number of rotatable bonds is 10. The lowest BCUT2D eigenvalue weighted by molar-refractivity contribution is -0.118. The van der Waals surface area contributed by atoms with E-state index in [1.807, 2.05) is 43.4 Å². The first-order valence-electron chi connectivity index (χ1n) is 14.0. The van der Waals surface area contributed by atoms with Crippen molar-refractivity contribution >= 4 is 29.1 Å². The molecule has 44 heavy (non-hydrogen) atoms. The summed E-state index contributed by atoms with van der Waals surface area (Å²) in [6.45, 7) is 3.47. The Labute approximate surface area is 259 Å². The zero-order valence-corrected chi connectivity index (χ0v) is 25.6. The number of aryl methyl sites for hydroxylation is 2. The Bertz CT molecular complexity index is 1790. The molecule has 3 N–H and O–H groups in total. The number of benzene rings is 2. The molecular formula is C32H33ClN8O3. The topological polar surface area (TPSA) is 140 Å². The number of hydrogen-bond acceptors (Lipinski definition) is 7. The van der Waals surface area contributed by atoms with Crippen LogP contribution in [0.5, 0.6) is 0 Å². The molecule has 0 aliphatic rings. The highest BCUT2D eigenvalue weighted by molar-refractivity contribution is 6.31. The van der Waals surface area contributed by atoms with Gasteiger partial charge in [0, 0.05) is 61.3 Å². The van der Waals surface area contributed by atoms with Gasteiger partial charge in [0.2, 0.25) is 5.91 Å². The number of carbonyl (C=O) groups is 2. The van der Waals surface area contributed by atoms with Crippen LogP contribution in [0.4, 0.5) is 5.69 Å². The van der Waals surface area contributed by atoms with Crippen LogP contribution in [0.3, 0.4) is 0 Å². The highest BCUT2D eigenvalue weighted by Gasteiger charge is 2.25. The molecule has 1 unspecified atom stereocenters. The molecule has 0 aliphatic heterocycles. The molecule has 0 aliphatic carbocycles. The predicted molar refractivity (Wildman–Crippen MR) is 168 cm³/mol. The van der Waals surface area contributed by atoms with Gasteiger partial charge in [-0.05, 0) is 85.1 Å². The van der Waals surface area contributed by atoms with Crippen molar-refractivity contribution in [1.82, 2.24) is 34.8 Å². The van der Waals surface area contributed by atoms with E-state index < -0.39 is 23.5 Å². The zero-order chi connectivity index (χ0) is 31.4. The van der Waals surface area contributed by atoms with Crippen LogP contribution in [0.2, 0.25) is 5.02 Å². The van der Waals surface area contributed by atoms with Crippen LogP contribution in [-0.4, -0.2) is 58.1 Å². The molecule has 226 valence electrons. The number of amides is 2. The van der Waals surface area contributed by atoms with Crippen molar-refractivity contribution in [3.63, 3.8) is 0 Å². The predicted octanol–water partition coefficient (Wildman–Crippen LogP) is 4.22. The van der Waals surface area contributed by atoms with Crippen molar-refractivity contribution in [3.05, 3.63) is 101 Å². The van der Waals surface area contributed by atoms with Gasteiger partial charge in [-0.25, -0.2) is 0 Å². The molecule has 3 aromatic heterocycles. The summed E-state index contributed by atoms with van der Waals surface area (Å²) in [6, 6.07) is 17.2. The molecule has 1 atom stereocenters. The van der Waals surface area contributed by atoms with Crippen LogP contribution in [0, 0.1) is 0 Å². The molecule has 11 nitrogen and oxygen atoms in total. The third-order valence-electron chi connectivity index (χ3n) is 7.03. The van der Waals surface area contributed by atoms with E-state index in [0.29, 0.717) is 34.2 Å². The first kappa shape index (κ1) is 30.6. The number of nitrogens with zero attached hydrogens (tertiary/aromatic N) is 6. The van der Waals surface area contributed by atoms with E-state index >= 15 is 0 Å². The minimum absolute atomic E-state index is 0.126. The van der Waals surface area contributed by atoms with Gasteiger partial charge in [-0.15, -0.1) is 10.2 Å². The van der Waals surface area contributed by atoms with Crippen LogP contribution in [0.15, 0.2) is 79.4 Å². The average Bonchev–Trinajstić information content (AvgIpc) is 3.61. The average molecular weight is 613 g/mol. The summed E-state index contributed by atoms with van der Waals surface area (Å²) in [5.74, 6) is -0.162. The van der Waals surface area contributed by atoms with Gasteiger partial charge in [0.15, 0.2) is 5.82 Å². The molecule has 0 radical (unpaired) electrons. The normalized spacial score (nSPS) is 12.1. The number of aromatic nitrogens is 6. The van der Waals surface area contributed by atoms with Crippen LogP contribution in [0.25, 0.3) is 22.5 Å². The number of aliphatic hydroxyl groups is 1. The molecular weight excluding hydrogens is 580 g/mol. The van der Waals surface area contributed by atoms with E-state index in [-0.39, 0.29) is 6.42 Å². The van der Waals surface area contributed by atoms with E-state index in [0.717, 1.165) is 22.4 Å². The van der Waals surface area contributed by atoms with E-state index in [1.165, 1.54) is 10.9 Å². The van der Waals surface area contributed by atoms with Crippen molar-refractivity contribution < 1.29 is 14.7 Å². The second-order valence-corrected chi connectivity index (χ2v) is 11.6. The van der Waals surface area contributed by atoms with Crippen LogP contribution < -0.4 is 10.6 Å². The summed E-state index contributed by atoms with van der Waals surface area (Å²) in [4.78, 5) is 31.2. The van der Waals surface area contributed by atoms with Gasteiger partial charge in [0.25, 0.3) is 5.91 Å². The van der Waals surface area contributed by atoms with Gasteiger partial charge in [-0.3, -0.25) is 19.3 Å². The summed E-state index contributed by atoms with van der Waals surface area (Å²) in [7, 11) is 3.51. The van der Waals surface area contributed by atoms with Crippen LogP contribution in [0.1, 0.15) is 35.6 Å². The van der Waals surface area contributed by atoms with Gasteiger partial charge in [0.05, 0.1) is 5.60 Å². The minimum Gasteiger partial charge on any atom is -0.390 e. The minimum atomic E-state index is -0.966. The summed E-state index contributed by atoms with van der Waals surface area (Å²) in [5, 5.41) is 28.6. The SMILES string of the molecule is Cn1cnnc1-c1ccc(NC(=O)C(Cc2cc(-c3ccnc(CC(C)(C)O)c3)ccc2Cl)NC(=O)c2ccnn2C)cc1. The molecule has 0 saturated heterocycles. The standard InChI is InChI=1S/C32H33ClN8O3/c1-32(2,44)18-25-16-22(11-13-34-25)21-7-10-26(33)23(15-21)17-27(38-31(43)28-12-14-36-41(28)4)30(42)37-24-8-5-20(6-9-24)29-39-35-19-40(29)3/h5-16,19,27,44H,17-18H2,1-4H3,(H,37,42)(H,38,43). The van der Waals surface area contributed by atoms with Crippen LogP contribution >= 0.6 is 11.6 Å². The molecule has 0 spiro atoms. The Kier molecular flexibility index (Phi) is 8.88. The lowest BCUT2D eigenvalue weighted by Crippen LogP contribution is -2.45. The maximum Gasteiger partial charge on any atom is 0.270 e. The monoisotopic (exact) mass is 612 g/mol. The number of hydrogen-bond donors (Lipinski definition) is 3. The van der Waals surface area contributed by atoms with Crippen molar-refractivity contribution in [2.45, 2.75) is 38.3 Å². The summed E-state index contributed by atoms with van der Waals surface area (Å²) in [5.41, 5.74) is 3.97. The Hall–Kier alpha value is -4.87. The zero-order valence-electron chi connectivity index (χ0n) is 24.8. The van der Waals surface area contributed by atoms with Crippen molar-refractivity contribution in [3.8, 4) is 22.5 Å². The maximum absolute atomic E-state index is 13.7. The van der Waals surface area contributed by atoms with E-state index in [9.17, 15) is 14.7 Å². The molecule has 2 amide bonds. The van der Waals surface area contributed by atoms with E-state index in [2.05, 4.69) is 30.9 Å². The van der Waals surface area contributed by atoms with Gasteiger partial charge in [-0.1, -0.05) is 17.7 Å². The second-order valence-electron chi connectivity index (χ2n) is 11.2. The van der Waals surface area contributed by atoms with E-state index in [4.69, 9.17) is 11.6 Å². The number of carbonyl (C=O) groups excluding carboxylic acids is 2.